The van der Waals surface area contributed by atoms with Gasteiger partial charge in [-0.1, -0.05) is 80.6 Å². The van der Waals surface area contributed by atoms with E-state index in [2.05, 4.69) is 78.6 Å². The molecule has 1 rings (SSSR count). The van der Waals surface area contributed by atoms with Crippen molar-refractivity contribution in [2.45, 2.75) is 61.3 Å². The molecule has 0 fully saturated rings. The third kappa shape index (κ3) is 12.9. The maximum atomic E-state index is 3.99. The van der Waals surface area contributed by atoms with E-state index < -0.39 is 0 Å². The predicted octanol–water partition coefficient (Wildman–Crippen LogP) is 8.51. The Morgan fingerprint density at radius 2 is 1.36 bits per heavy atom. The lowest BCUT2D eigenvalue weighted by Gasteiger charge is -2.10. The van der Waals surface area contributed by atoms with Crippen LogP contribution in [-0.4, -0.2) is 0 Å². The molecule has 1 aromatic rings. The summed E-state index contributed by atoms with van der Waals surface area (Å²) in [5, 5.41) is 0. The maximum Gasteiger partial charge on any atom is -0.0219 e. The summed E-state index contributed by atoms with van der Waals surface area (Å²) < 4.78 is 0. The number of hydrogen-bond acceptors (Lipinski definition) is 0. The molecule has 0 aliphatic carbocycles. The van der Waals surface area contributed by atoms with E-state index in [9.17, 15) is 0 Å². The molecule has 0 N–H and O–H groups in total. The van der Waals surface area contributed by atoms with Crippen LogP contribution < -0.4 is 0 Å². The topological polar surface area (TPSA) is 0 Å². The molecule has 25 heavy (non-hydrogen) atoms. The summed E-state index contributed by atoms with van der Waals surface area (Å²) in [6.45, 7) is 27.7. The Morgan fingerprint density at radius 3 is 1.60 bits per heavy atom. The molecule has 0 heterocycles. The van der Waals surface area contributed by atoms with Gasteiger partial charge in [-0.05, 0) is 69.7 Å². The molecule has 138 valence electrons. The van der Waals surface area contributed by atoms with Crippen LogP contribution in [-0.2, 0) is 0 Å². The van der Waals surface area contributed by atoms with Gasteiger partial charge in [-0.15, -0.1) is 6.58 Å². The highest BCUT2D eigenvalue weighted by Gasteiger charge is 2.03. The van der Waals surface area contributed by atoms with Gasteiger partial charge < -0.3 is 0 Å². The summed E-state index contributed by atoms with van der Waals surface area (Å²) in [6, 6.07) is 8.85. The van der Waals surface area contributed by atoms with Gasteiger partial charge >= 0.3 is 0 Å². The van der Waals surface area contributed by atoms with E-state index in [1.54, 1.807) is 6.08 Å². The third-order valence-electron chi connectivity index (χ3n) is 3.54. The van der Waals surface area contributed by atoms with Crippen molar-refractivity contribution in [1.82, 2.24) is 0 Å². The standard InChI is InChI=1S/C16H22.C5H8.C4H8/c1-11(2)13(5)14(6)16-9-7-15(8-10-16)12(3)4;1-3-5-4-2;1-4(2)3/h7-10,12H,1H2,2-6H3;3-5H,1H2,2H3;1H2,2-3H3/b14-13-;5-4-;. The van der Waals surface area contributed by atoms with Crippen molar-refractivity contribution in [1.29, 1.82) is 0 Å². The maximum absolute atomic E-state index is 3.99. The van der Waals surface area contributed by atoms with Gasteiger partial charge in [0.05, 0.1) is 0 Å². The van der Waals surface area contributed by atoms with E-state index in [1.165, 1.54) is 27.8 Å². The van der Waals surface area contributed by atoms with Gasteiger partial charge in [0.1, 0.15) is 0 Å². The summed E-state index contributed by atoms with van der Waals surface area (Å²) in [5.41, 5.74) is 7.61. The van der Waals surface area contributed by atoms with E-state index in [1.807, 2.05) is 32.9 Å². The second kappa shape index (κ2) is 14.3. The van der Waals surface area contributed by atoms with Crippen molar-refractivity contribution in [2.75, 3.05) is 0 Å². The van der Waals surface area contributed by atoms with E-state index in [0.29, 0.717) is 5.92 Å². The largest absolute Gasteiger partial charge is 0.100 e. The number of hydrogen-bond donors (Lipinski definition) is 0. The highest BCUT2D eigenvalue weighted by atomic mass is 14.1. The van der Waals surface area contributed by atoms with Crippen LogP contribution >= 0.6 is 0 Å². The van der Waals surface area contributed by atoms with Crippen molar-refractivity contribution in [3.8, 4) is 0 Å². The van der Waals surface area contributed by atoms with Crippen LogP contribution in [0, 0.1) is 0 Å². The Balaban J connectivity index is 0. The first kappa shape index (κ1) is 25.2. The van der Waals surface area contributed by atoms with Gasteiger partial charge in [0, 0.05) is 0 Å². The molecule has 0 heteroatoms. The Hall–Kier alpha value is -2.08. The second-order valence-corrected chi connectivity index (χ2v) is 6.78. The summed E-state index contributed by atoms with van der Waals surface area (Å²) in [4.78, 5) is 0. The van der Waals surface area contributed by atoms with Crippen LogP contribution in [0.1, 0.15) is 72.4 Å². The van der Waals surface area contributed by atoms with Gasteiger partial charge in [0.25, 0.3) is 0 Å². The average molecular weight is 339 g/mol. The average Bonchev–Trinajstić information content (AvgIpc) is 2.54. The van der Waals surface area contributed by atoms with Gasteiger partial charge in [-0.3, -0.25) is 0 Å². The molecule has 0 aromatic heterocycles. The Bertz CT molecular complexity index is 585. The number of benzene rings is 1. The molecule has 0 aliphatic rings. The minimum atomic E-state index is 0.598. The van der Waals surface area contributed by atoms with Crippen LogP contribution in [0.25, 0.3) is 5.57 Å². The molecule has 1 aromatic carbocycles. The highest BCUT2D eigenvalue weighted by Crippen LogP contribution is 2.24. The zero-order valence-corrected chi connectivity index (χ0v) is 17.7. The van der Waals surface area contributed by atoms with Gasteiger partial charge in [-0.25, -0.2) is 0 Å². The molecule has 0 atom stereocenters. The molecule has 0 radical (unpaired) electrons. The van der Waals surface area contributed by atoms with Gasteiger partial charge in [0.15, 0.2) is 0 Å². The van der Waals surface area contributed by atoms with Crippen molar-refractivity contribution in [3.63, 3.8) is 0 Å². The minimum absolute atomic E-state index is 0.598. The smallest absolute Gasteiger partial charge is 0.0219 e. The zero-order valence-electron chi connectivity index (χ0n) is 17.7. The SMILES string of the molecule is C=C(C)/C(C)=C(/C)c1ccc(C(C)C)cc1.C=C(C)C.C=C/C=C\C. The molecule has 0 nitrogen and oxygen atoms in total. The quantitative estimate of drug-likeness (QED) is 0.381. The lowest BCUT2D eigenvalue weighted by Crippen LogP contribution is -1.90. The first-order valence-corrected chi connectivity index (χ1v) is 8.87. The molecule has 0 amide bonds. The van der Waals surface area contributed by atoms with Crippen molar-refractivity contribution in [3.05, 3.63) is 90.1 Å². The first-order valence-electron chi connectivity index (χ1n) is 8.87. The van der Waals surface area contributed by atoms with Crippen LogP contribution in [0.15, 0.2) is 78.9 Å². The lowest BCUT2D eigenvalue weighted by molar-refractivity contribution is 0.866. The Morgan fingerprint density at radius 1 is 0.920 bits per heavy atom. The molecule has 0 saturated carbocycles. The lowest BCUT2D eigenvalue weighted by atomic mass is 9.95. The molecular formula is C25H38. The number of rotatable bonds is 4. The molecular weight excluding hydrogens is 300 g/mol. The van der Waals surface area contributed by atoms with Crippen molar-refractivity contribution in [2.24, 2.45) is 0 Å². The fraction of sp³-hybridized carbons (Fsp3) is 0.360. The van der Waals surface area contributed by atoms with E-state index in [0.717, 1.165) is 5.57 Å². The molecule has 0 unspecified atom stereocenters. The van der Waals surface area contributed by atoms with E-state index >= 15 is 0 Å². The zero-order chi connectivity index (χ0) is 20.0. The fourth-order valence-electron chi connectivity index (χ4n) is 1.79. The van der Waals surface area contributed by atoms with Crippen molar-refractivity contribution < 1.29 is 0 Å². The fourth-order valence-corrected chi connectivity index (χ4v) is 1.79. The van der Waals surface area contributed by atoms with Crippen LogP contribution in [0.5, 0.6) is 0 Å². The monoisotopic (exact) mass is 338 g/mol. The molecule has 0 saturated heterocycles. The summed E-state index contributed by atoms with van der Waals surface area (Å²) >= 11 is 0. The minimum Gasteiger partial charge on any atom is -0.100 e. The van der Waals surface area contributed by atoms with Gasteiger partial charge in [0.2, 0.25) is 0 Å². The van der Waals surface area contributed by atoms with E-state index in [4.69, 9.17) is 0 Å². The Kier molecular flexibility index (Phi) is 14.4. The normalized spacial score (nSPS) is 10.9. The van der Waals surface area contributed by atoms with Crippen molar-refractivity contribution >= 4 is 5.57 Å². The molecule has 0 aliphatic heterocycles. The Labute approximate surface area is 157 Å². The third-order valence-corrected chi connectivity index (χ3v) is 3.54. The van der Waals surface area contributed by atoms with E-state index in [-0.39, 0.29) is 0 Å². The molecule has 0 bridgehead atoms. The first-order chi connectivity index (χ1) is 11.6. The summed E-state index contributed by atoms with van der Waals surface area (Å²) in [6.07, 6.45) is 5.58. The van der Waals surface area contributed by atoms with Crippen LogP contribution in [0.4, 0.5) is 0 Å². The summed E-state index contributed by atoms with van der Waals surface area (Å²) in [7, 11) is 0. The second-order valence-electron chi connectivity index (χ2n) is 6.78. The van der Waals surface area contributed by atoms with Crippen LogP contribution in [0.3, 0.4) is 0 Å². The summed E-state index contributed by atoms with van der Waals surface area (Å²) in [5.74, 6) is 0.598. The molecule has 0 spiro atoms. The highest BCUT2D eigenvalue weighted by molar-refractivity contribution is 5.70. The van der Waals surface area contributed by atoms with Gasteiger partial charge in [-0.2, -0.15) is 0 Å². The van der Waals surface area contributed by atoms with Crippen LogP contribution in [0.2, 0.25) is 0 Å². The predicted molar refractivity (Wildman–Crippen MR) is 119 cm³/mol. The number of allylic oxidation sites excluding steroid dienone is 7.